The van der Waals surface area contributed by atoms with Gasteiger partial charge in [-0.25, -0.2) is 15.0 Å². The number of benzene rings is 1. The zero-order chi connectivity index (χ0) is 15.8. The molecule has 21 heavy (non-hydrogen) atoms. The summed E-state index contributed by atoms with van der Waals surface area (Å²) in [6.45, 7) is 5.01. The van der Waals surface area contributed by atoms with E-state index < -0.39 is 22.9 Å². The van der Waals surface area contributed by atoms with Gasteiger partial charge in [-0.05, 0) is 39.0 Å². The van der Waals surface area contributed by atoms with E-state index in [9.17, 15) is 14.4 Å². The van der Waals surface area contributed by atoms with Crippen molar-refractivity contribution in [1.82, 2.24) is 9.66 Å². The van der Waals surface area contributed by atoms with Crippen LogP contribution in [0.4, 0.5) is 4.79 Å². The predicted molar refractivity (Wildman–Crippen MR) is 79.4 cm³/mol. The molecule has 0 aliphatic rings. The number of aromatic nitrogens is 2. The molecule has 8 heteroatoms. The van der Waals surface area contributed by atoms with Gasteiger partial charge in [0.15, 0.2) is 0 Å². The molecule has 0 fully saturated rings. The molecule has 0 atom stereocenters. The van der Waals surface area contributed by atoms with E-state index in [0.29, 0.717) is 15.2 Å². The van der Waals surface area contributed by atoms with Crippen LogP contribution < -0.4 is 16.7 Å². The second-order valence-electron chi connectivity index (χ2n) is 5.37. The molecule has 0 aliphatic heterocycles. The summed E-state index contributed by atoms with van der Waals surface area (Å²) in [5.74, 6) is 0. The second kappa shape index (κ2) is 5.25. The number of carbonyl (C=O) groups is 1. The monoisotopic (exact) mass is 311 g/mol. The van der Waals surface area contributed by atoms with E-state index in [1.807, 2.05) is 0 Å². The summed E-state index contributed by atoms with van der Waals surface area (Å²) in [4.78, 5) is 38.2. The minimum atomic E-state index is -0.900. The van der Waals surface area contributed by atoms with Crippen molar-refractivity contribution in [1.29, 1.82) is 0 Å². The Morgan fingerprint density at radius 1 is 1.33 bits per heavy atom. The number of halogens is 1. The summed E-state index contributed by atoms with van der Waals surface area (Å²) >= 11 is 5.80. The van der Waals surface area contributed by atoms with Crippen LogP contribution in [0.3, 0.4) is 0 Å². The lowest BCUT2D eigenvalue weighted by atomic mass is 10.2. The SMILES string of the molecule is CC(C)(C)OC(=O)Nn1c(=O)[nH]c2cc(Cl)ccc2c1=O. The van der Waals surface area contributed by atoms with Gasteiger partial charge >= 0.3 is 11.8 Å². The van der Waals surface area contributed by atoms with Crippen LogP contribution in [0.1, 0.15) is 20.8 Å². The highest BCUT2D eigenvalue weighted by Crippen LogP contribution is 2.13. The largest absolute Gasteiger partial charge is 0.443 e. The van der Waals surface area contributed by atoms with Crippen molar-refractivity contribution in [3.8, 4) is 0 Å². The first kappa shape index (κ1) is 15.1. The molecule has 1 amide bonds. The van der Waals surface area contributed by atoms with Gasteiger partial charge < -0.3 is 9.72 Å². The number of ether oxygens (including phenoxy) is 1. The molecule has 0 spiro atoms. The molecule has 0 radical (unpaired) electrons. The lowest BCUT2D eigenvalue weighted by Crippen LogP contribution is -2.45. The average molecular weight is 312 g/mol. The maximum atomic E-state index is 12.2. The molecule has 2 N–H and O–H groups in total. The number of hydrogen-bond acceptors (Lipinski definition) is 4. The van der Waals surface area contributed by atoms with Crippen LogP contribution in [0.5, 0.6) is 0 Å². The molecular weight excluding hydrogens is 298 g/mol. The van der Waals surface area contributed by atoms with Crippen molar-refractivity contribution in [2.45, 2.75) is 26.4 Å². The highest BCUT2D eigenvalue weighted by atomic mass is 35.5. The summed E-state index contributed by atoms with van der Waals surface area (Å²) in [7, 11) is 0. The van der Waals surface area contributed by atoms with Gasteiger partial charge in [-0.1, -0.05) is 11.6 Å². The summed E-state index contributed by atoms with van der Waals surface area (Å²) < 4.78 is 5.56. The predicted octanol–water partition coefficient (Wildman–Crippen LogP) is 1.82. The van der Waals surface area contributed by atoms with Crippen LogP contribution in [0.15, 0.2) is 27.8 Å². The van der Waals surface area contributed by atoms with Gasteiger partial charge in [0.1, 0.15) is 5.60 Å². The molecule has 2 rings (SSSR count). The number of hydrogen-bond donors (Lipinski definition) is 2. The zero-order valence-electron chi connectivity index (χ0n) is 11.7. The third-order valence-corrected chi connectivity index (χ3v) is 2.70. The standard InChI is InChI=1S/C13H14ClN3O4/c1-13(2,3)21-12(20)16-17-10(18)8-5-4-7(14)6-9(8)15-11(17)19/h4-6H,1-3H3,(H,15,19)(H,16,20). The molecule has 1 aromatic carbocycles. The van der Waals surface area contributed by atoms with Crippen molar-refractivity contribution >= 4 is 28.6 Å². The maximum Gasteiger partial charge on any atom is 0.427 e. The van der Waals surface area contributed by atoms with Gasteiger partial charge in [-0.3, -0.25) is 4.79 Å². The molecule has 0 saturated heterocycles. The molecular formula is C13H14ClN3O4. The van der Waals surface area contributed by atoms with Crippen molar-refractivity contribution in [3.63, 3.8) is 0 Å². The summed E-state index contributed by atoms with van der Waals surface area (Å²) in [5, 5.41) is 0.602. The number of fused-ring (bicyclic) bond motifs is 1. The average Bonchev–Trinajstić information content (AvgIpc) is 2.31. The van der Waals surface area contributed by atoms with Gasteiger partial charge in [0.25, 0.3) is 5.56 Å². The van der Waals surface area contributed by atoms with Crippen LogP contribution in [-0.2, 0) is 4.74 Å². The summed E-state index contributed by atoms with van der Waals surface area (Å²) in [5.41, 5.74) is 0.193. The van der Waals surface area contributed by atoms with Gasteiger partial charge in [-0.2, -0.15) is 4.68 Å². The van der Waals surface area contributed by atoms with E-state index in [0.717, 1.165) is 0 Å². The normalized spacial score (nSPS) is 11.4. The van der Waals surface area contributed by atoms with Crippen LogP contribution in [0.25, 0.3) is 10.9 Å². The Hall–Kier alpha value is -2.28. The fourth-order valence-electron chi connectivity index (χ4n) is 1.68. The third-order valence-electron chi connectivity index (χ3n) is 2.46. The van der Waals surface area contributed by atoms with Gasteiger partial charge in [0, 0.05) is 5.02 Å². The van der Waals surface area contributed by atoms with Crippen molar-refractivity contribution in [2.24, 2.45) is 0 Å². The quantitative estimate of drug-likeness (QED) is 0.840. The van der Waals surface area contributed by atoms with E-state index in [4.69, 9.17) is 16.3 Å². The molecule has 1 heterocycles. The fourth-order valence-corrected chi connectivity index (χ4v) is 1.86. The molecule has 7 nitrogen and oxygen atoms in total. The fraction of sp³-hybridized carbons (Fsp3) is 0.308. The Kier molecular flexibility index (Phi) is 3.78. The molecule has 1 aromatic heterocycles. The molecule has 112 valence electrons. The minimum Gasteiger partial charge on any atom is -0.443 e. The van der Waals surface area contributed by atoms with Crippen LogP contribution in [-0.4, -0.2) is 21.4 Å². The van der Waals surface area contributed by atoms with Gasteiger partial charge in [0.05, 0.1) is 10.9 Å². The first-order valence-electron chi connectivity index (χ1n) is 6.12. The van der Waals surface area contributed by atoms with Gasteiger partial charge in [-0.15, -0.1) is 0 Å². The van der Waals surface area contributed by atoms with E-state index in [1.54, 1.807) is 20.8 Å². The first-order chi connectivity index (χ1) is 9.67. The maximum absolute atomic E-state index is 12.2. The smallest absolute Gasteiger partial charge is 0.427 e. The van der Waals surface area contributed by atoms with Crippen LogP contribution in [0.2, 0.25) is 5.02 Å². The Labute approximate surface area is 124 Å². The molecule has 2 aromatic rings. The number of nitrogens with one attached hydrogen (secondary N) is 2. The molecule has 0 aliphatic carbocycles. The van der Waals surface area contributed by atoms with Crippen LogP contribution in [0, 0.1) is 0 Å². The number of nitrogens with zero attached hydrogens (tertiary/aromatic N) is 1. The highest BCUT2D eigenvalue weighted by molar-refractivity contribution is 6.31. The Bertz CT molecular complexity index is 817. The first-order valence-corrected chi connectivity index (χ1v) is 6.50. The van der Waals surface area contributed by atoms with Gasteiger partial charge in [0.2, 0.25) is 0 Å². The van der Waals surface area contributed by atoms with Crippen molar-refractivity contribution in [2.75, 3.05) is 5.43 Å². The number of H-pyrrole nitrogens is 1. The Balaban J connectivity index is 2.46. The van der Waals surface area contributed by atoms with Crippen LogP contribution >= 0.6 is 11.6 Å². The Morgan fingerprint density at radius 3 is 2.62 bits per heavy atom. The number of amides is 1. The van der Waals surface area contributed by atoms with E-state index in [2.05, 4.69) is 10.4 Å². The number of aromatic amines is 1. The summed E-state index contributed by atoms with van der Waals surface area (Å²) in [6, 6.07) is 4.43. The summed E-state index contributed by atoms with van der Waals surface area (Å²) in [6.07, 6.45) is -0.900. The molecule has 0 bridgehead atoms. The second-order valence-corrected chi connectivity index (χ2v) is 5.81. The molecule has 0 unspecified atom stereocenters. The van der Waals surface area contributed by atoms with Crippen molar-refractivity contribution in [3.05, 3.63) is 44.1 Å². The Morgan fingerprint density at radius 2 is 2.00 bits per heavy atom. The molecule has 0 saturated carbocycles. The topological polar surface area (TPSA) is 93.2 Å². The van der Waals surface area contributed by atoms with E-state index >= 15 is 0 Å². The third kappa shape index (κ3) is 3.43. The van der Waals surface area contributed by atoms with Crippen molar-refractivity contribution < 1.29 is 9.53 Å². The van der Waals surface area contributed by atoms with E-state index in [-0.39, 0.29) is 5.39 Å². The highest BCUT2D eigenvalue weighted by Gasteiger charge is 2.18. The minimum absolute atomic E-state index is 0.218. The van der Waals surface area contributed by atoms with E-state index in [1.165, 1.54) is 18.2 Å². The zero-order valence-corrected chi connectivity index (χ0v) is 12.4. The number of carbonyl (C=O) groups excluding carboxylic acids is 1. The number of rotatable bonds is 1. The lowest BCUT2D eigenvalue weighted by Gasteiger charge is -2.19. The lowest BCUT2D eigenvalue weighted by molar-refractivity contribution is 0.0611.